The quantitative estimate of drug-likeness (QED) is 0.702. The van der Waals surface area contributed by atoms with Crippen molar-refractivity contribution in [3.8, 4) is 11.3 Å². The Balaban J connectivity index is 1.83. The van der Waals surface area contributed by atoms with E-state index in [2.05, 4.69) is 15.4 Å². The number of hydrogen-bond donors (Lipinski definition) is 1. The standard InChI is InChI=1S/C19H18N4O2S/c1-13(19(25)21-15-5-7-16(26-2)8-6-15)23-18(24)10-9-17(22-23)14-4-3-11-20-12-14/h3-13H,1-2H3,(H,21,25). The number of hydrogen-bond acceptors (Lipinski definition) is 5. The lowest BCUT2D eigenvalue weighted by Gasteiger charge is -2.15. The molecule has 132 valence electrons. The Hall–Kier alpha value is -2.93. The van der Waals surface area contributed by atoms with Crippen molar-refractivity contribution in [1.29, 1.82) is 0 Å². The number of amides is 1. The van der Waals surface area contributed by atoms with Gasteiger partial charge in [0.25, 0.3) is 5.56 Å². The summed E-state index contributed by atoms with van der Waals surface area (Å²) in [6, 6.07) is 13.4. The molecule has 0 saturated carbocycles. The molecule has 0 aliphatic carbocycles. The first kappa shape index (κ1) is 17.9. The van der Waals surface area contributed by atoms with Crippen LogP contribution >= 0.6 is 11.8 Å². The third-order valence-corrected chi connectivity index (χ3v) is 4.63. The van der Waals surface area contributed by atoms with E-state index in [0.717, 1.165) is 10.5 Å². The Morgan fingerprint density at radius 1 is 1.15 bits per heavy atom. The maximum atomic E-state index is 12.5. The summed E-state index contributed by atoms with van der Waals surface area (Å²) in [6.45, 7) is 1.65. The summed E-state index contributed by atoms with van der Waals surface area (Å²) in [7, 11) is 0. The van der Waals surface area contributed by atoms with Crippen molar-refractivity contribution >= 4 is 23.4 Å². The van der Waals surface area contributed by atoms with E-state index in [9.17, 15) is 9.59 Å². The molecule has 1 aromatic carbocycles. The summed E-state index contributed by atoms with van der Waals surface area (Å²) < 4.78 is 1.19. The number of anilines is 1. The molecular weight excluding hydrogens is 348 g/mol. The zero-order valence-electron chi connectivity index (χ0n) is 14.4. The van der Waals surface area contributed by atoms with E-state index in [-0.39, 0.29) is 11.5 Å². The average molecular weight is 366 g/mol. The second kappa shape index (κ2) is 7.97. The highest BCUT2D eigenvalue weighted by Gasteiger charge is 2.18. The van der Waals surface area contributed by atoms with Crippen molar-refractivity contribution in [2.75, 3.05) is 11.6 Å². The largest absolute Gasteiger partial charge is 0.324 e. The Bertz CT molecular complexity index is 955. The molecule has 0 radical (unpaired) electrons. The summed E-state index contributed by atoms with van der Waals surface area (Å²) in [5, 5.41) is 7.15. The molecule has 0 aliphatic heterocycles. The van der Waals surface area contributed by atoms with Gasteiger partial charge in [0.2, 0.25) is 5.91 Å². The van der Waals surface area contributed by atoms with Crippen LogP contribution in [-0.4, -0.2) is 26.9 Å². The predicted octanol–water partition coefficient (Wildman–Crippen LogP) is 3.23. The monoisotopic (exact) mass is 366 g/mol. The molecule has 1 atom stereocenters. The highest BCUT2D eigenvalue weighted by Crippen LogP contribution is 2.19. The number of carbonyl (C=O) groups excluding carboxylic acids is 1. The van der Waals surface area contributed by atoms with Crippen LogP contribution in [0.3, 0.4) is 0 Å². The van der Waals surface area contributed by atoms with Gasteiger partial charge in [-0.3, -0.25) is 14.6 Å². The van der Waals surface area contributed by atoms with Crippen LogP contribution < -0.4 is 10.9 Å². The Morgan fingerprint density at radius 3 is 2.58 bits per heavy atom. The molecule has 1 N–H and O–H groups in total. The summed E-state index contributed by atoms with van der Waals surface area (Å²) in [6.07, 6.45) is 5.32. The van der Waals surface area contributed by atoms with Gasteiger partial charge < -0.3 is 5.32 Å². The van der Waals surface area contributed by atoms with E-state index in [1.165, 1.54) is 10.7 Å². The first-order chi connectivity index (χ1) is 12.6. The van der Waals surface area contributed by atoms with Crippen molar-refractivity contribution in [3.05, 3.63) is 71.3 Å². The van der Waals surface area contributed by atoms with E-state index in [0.29, 0.717) is 11.4 Å². The molecule has 3 rings (SSSR count). The van der Waals surface area contributed by atoms with E-state index in [1.807, 2.05) is 36.6 Å². The smallest absolute Gasteiger partial charge is 0.267 e. The minimum absolute atomic E-state index is 0.306. The maximum absolute atomic E-state index is 12.5. The summed E-state index contributed by atoms with van der Waals surface area (Å²) in [5.41, 5.74) is 1.71. The number of nitrogens with zero attached hydrogens (tertiary/aromatic N) is 3. The molecule has 1 unspecified atom stereocenters. The van der Waals surface area contributed by atoms with Crippen molar-refractivity contribution in [1.82, 2.24) is 14.8 Å². The van der Waals surface area contributed by atoms with Crippen LogP contribution in [0.1, 0.15) is 13.0 Å². The van der Waals surface area contributed by atoms with Crippen LogP contribution in [0.5, 0.6) is 0 Å². The number of thioether (sulfide) groups is 1. The van der Waals surface area contributed by atoms with Gasteiger partial charge in [-0.05, 0) is 55.6 Å². The molecule has 0 fully saturated rings. The fourth-order valence-corrected chi connectivity index (χ4v) is 2.81. The highest BCUT2D eigenvalue weighted by atomic mass is 32.2. The molecule has 0 saturated heterocycles. The Morgan fingerprint density at radius 2 is 1.92 bits per heavy atom. The molecule has 0 aliphatic rings. The number of aromatic nitrogens is 3. The van der Waals surface area contributed by atoms with Crippen molar-refractivity contribution in [2.24, 2.45) is 0 Å². The summed E-state index contributed by atoms with van der Waals surface area (Å²) >= 11 is 1.63. The van der Waals surface area contributed by atoms with Crippen LogP contribution in [0.25, 0.3) is 11.3 Å². The van der Waals surface area contributed by atoms with Crippen LogP contribution in [0, 0.1) is 0 Å². The normalized spacial score (nSPS) is 11.8. The van der Waals surface area contributed by atoms with Crippen LogP contribution in [0.15, 0.2) is 70.6 Å². The molecule has 2 heterocycles. The minimum atomic E-state index is -0.751. The topological polar surface area (TPSA) is 76.9 Å². The third kappa shape index (κ3) is 4.00. The zero-order chi connectivity index (χ0) is 18.5. The number of nitrogens with one attached hydrogen (secondary N) is 1. The first-order valence-corrected chi connectivity index (χ1v) is 9.26. The van der Waals surface area contributed by atoms with Gasteiger partial charge in [0.05, 0.1) is 5.69 Å². The van der Waals surface area contributed by atoms with Gasteiger partial charge in [0, 0.05) is 34.6 Å². The van der Waals surface area contributed by atoms with Gasteiger partial charge in [-0.15, -0.1) is 11.8 Å². The van der Waals surface area contributed by atoms with E-state index >= 15 is 0 Å². The molecule has 0 bridgehead atoms. The SMILES string of the molecule is CSc1ccc(NC(=O)C(C)n2nc(-c3cccnc3)ccc2=O)cc1. The van der Waals surface area contributed by atoms with Gasteiger partial charge in [-0.25, -0.2) is 4.68 Å². The third-order valence-electron chi connectivity index (χ3n) is 3.89. The molecule has 2 aromatic heterocycles. The van der Waals surface area contributed by atoms with Crippen molar-refractivity contribution < 1.29 is 4.79 Å². The van der Waals surface area contributed by atoms with Gasteiger partial charge in [0.1, 0.15) is 6.04 Å². The summed E-state index contributed by atoms with van der Waals surface area (Å²) in [4.78, 5) is 29.9. The number of benzene rings is 1. The number of pyridine rings is 1. The fraction of sp³-hybridized carbons (Fsp3) is 0.158. The van der Waals surface area contributed by atoms with Gasteiger partial charge in [-0.1, -0.05) is 0 Å². The van der Waals surface area contributed by atoms with Crippen molar-refractivity contribution in [3.63, 3.8) is 0 Å². The van der Waals surface area contributed by atoms with E-state index < -0.39 is 6.04 Å². The van der Waals surface area contributed by atoms with Gasteiger partial charge >= 0.3 is 0 Å². The predicted molar refractivity (Wildman–Crippen MR) is 103 cm³/mol. The lowest BCUT2D eigenvalue weighted by Crippen LogP contribution is -2.33. The minimum Gasteiger partial charge on any atom is -0.324 e. The van der Waals surface area contributed by atoms with Gasteiger partial charge in [-0.2, -0.15) is 5.10 Å². The van der Waals surface area contributed by atoms with E-state index in [1.54, 1.807) is 43.2 Å². The Labute approximate surface area is 155 Å². The maximum Gasteiger partial charge on any atom is 0.267 e. The summed E-state index contributed by atoms with van der Waals surface area (Å²) in [5.74, 6) is -0.306. The van der Waals surface area contributed by atoms with Crippen molar-refractivity contribution in [2.45, 2.75) is 17.9 Å². The Kier molecular flexibility index (Phi) is 5.48. The van der Waals surface area contributed by atoms with Crippen LogP contribution in [-0.2, 0) is 4.79 Å². The fourth-order valence-electron chi connectivity index (χ4n) is 2.40. The highest BCUT2D eigenvalue weighted by molar-refractivity contribution is 7.98. The lowest BCUT2D eigenvalue weighted by atomic mass is 10.2. The molecule has 3 aromatic rings. The lowest BCUT2D eigenvalue weighted by molar-refractivity contribution is -0.119. The second-order valence-electron chi connectivity index (χ2n) is 5.64. The molecular formula is C19H18N4O2S. The van der Waals surface area contributed by atoms with Crippen LogP contribution in [0.4, 0.5) is 5.69 Å². The first-order valence-electron chi connectivity index (χ1n) is 8.03. The number of rotatable bonds is 5. The zero-order valence-corrected chi connectivity index (χ0v) is 15.2. The molecule has 1 amide bonds. The molecule has 6 nitrogen and oxygen atoms in total. The molecule has 7 heteroatoms. The number of carbonyl (C=O) groups is 1. The second-order valence-corrected chi connectivity index (χ2v) is 6.52. The molecule has 0 spiro atoms. The molecule has 26 heavy (non-hydrogen) atoms. The van der Waals surface area contributed by atoms with Gasteiger partial charge in [0.15, 0.2) is 0 Å². The average Bonchev–Trinajstić information content (AvgIpc) is 2.69. The van der Waals surface area contributed by atoms with E-state index in [4.69, 9.17) is 0 Å². The van der Waals surface area contributed by atoms with Crippen LogP contribution in [0.2, 0.25) is 0 Å².